The number of rotatable bonds is 2. The Morgan fingerprint density at radius 1 is 1.00 bits per heavy atom. The van der Waals surface area contributed by atoms with Crippen molar-refractivity contribution in [3.8, 4) is 11.5 Å². The lowest BCUT2D eigenvalue weighted by Gasteiger charge is -2.27. The van der Waals surface area contributed by atoms with E-state index in [0.29, 0.717) is 19.8 Å². The fourth-order valence-electron chi connectivity index (χ4n) is 4.63. The molecule has 2 aromatic rings. The number of likely N-dealkylation sites (N-methyl/N-ethyl adjacent to an activating group) is 1. The van der Waals surface area contributed by atoms with Crippen molar-refractivity contribution in [3.63, 3.8) is 0 Å². The summed E-state index contributed by atoms with van der Waals surface area (Å²) >= 11 is 0. The molecule has 0 unspecified atom stereocenters. The van der Waals surface area contributed by atoms with Crippen molar-refractivity contribution in [2.45, 2.75) is 31.7 Å². The van der Waals surface area contributed by atoms with Crippen molar-refractivity contribution in [1.82, 2.24) is 4.90 Å². The predicted octanol–water partition coefficient (Wildman–Crippen LogP) is 4.19. The minimum Gasteiger partial charge on any atom is -0.493 e. The Bertz CT molecular complexity index is 852. The van der Waals surface area contributed by atoms with E-state index in [9.17, 15) is 4.79 Å². The van der Waals surface area contributed by atoms with Crippen molar-refractivity contribution in [2.24, 2.45) is 5.92 Å². The van der Waals surface area contributed by atoms with Gasteiger partial charge in [-0.3, -0.25) is 9.69 Å². The molecule has 0 saturated carbocycles. The summed E-state index contributed by atoms with van der Waals surface area (Å²) in [5, 5.41) is 0. The number of nitrogens with zero attached hydrogens (tertiary/aromatic N) is 1. The van der Waals surface area contributed by atoms with Crippen LogP contribution in [0.25, 0.3) is 0 Å². The molecule has 2 aliphatic rings. The molecular formula is C24H29NO4. The number of fused-ring (bicyclic) bond motifs is 6. The minimum atomic E-state index is -0.324. The number of ether oxygens (including phenoxy) is 3. The SMILES string of the molecule is CCOC(=O)[C@@H]1[C@@H]2CN(C)[C@@H]1c1ccccc1OCCCCOc1ccccc12. The average Bonchev–Trinajstić information content (AvgIpc) is 3.08. The molecule has 4 rings (SSSR count). The van der Waals surface area contributed by atoms with Gasteiger partial charge in [-0.1, -0.05) is 36.4 Å². The highest BCUT2D eigenvalue weighted by Crippen LogP contribution is 2.49. The summed E-state index contributed by atoms with van der Waals surface area (Å²) in [6, 6.07) is 16.1. The maximum absolute atomic E-state index is 13.2. The molecule has 2 aliphatic heterocycles. The number of hydrogen-bond donors (Lipinski definition) is 0. The predicted molar refractivity (Wildman–Crippen MR) is 111 cm³/mol. The standard InChI is InChI=1S/C24H29NO4/c1-3-27-24(26)22-19-16-25(2)23(22)18-11-5-7-13-21(18)29-15-9-8-14-28-20-12-6-4-10-17(19)20/h4-7,10-13,19,22-23H,3,8-9,14-16H2,1-2H3/t19-,22-,23-/m1/s1. The van der Waals surface area contributed by atoms with Gasteiger partial charge in [-0.05, 0) is 44.5 Å². The maximum atomic E-state index is 13.2. The van der Waals surface area contributed by atoms with E-state index in [1.807, 2.05) is 43.3 Å². The molecule has 3 atom stereocenters. The normalized spacial score (nSPS) is 24.6. The quantitative estimate of drug-likeness (QED) is 0.714. The summed E-state index contributed by atoms with van der Waals surface area (Å²) in [6.45, 7) is 4.25. The fourth-order valence-corrected chi connectivity index (χ4v) is 4.63. The van der Waals surface area contributed by atoms with E-state index in [0.717, 1.165) is 42.0 Å². The second-order valence-electron chi connectivity index (χ2n) is 7.75. The highest BCUT2D eigenvalue weighted by atomic mass is 16.5. The molecule has 0 aromatic heterocycles. The highest BCUT2D eigenvalue weighted by Gasteiger charge is 2.48. The zero-order valence-corrected chi connectivity index (χ0v) is 17.2. The summed E-state index contributed by atoms with van der Waals surface area (Å²) in [5.74, 6) is 1.23. The second-order valence-corrected chi connectivity index (χ2v) is 7.75. The van der Waals surface area contributed by atoms with Crippen molar-refractivity contribution in [2.75, 3.05) is 33.4 Å². The average molecular weight is 395 g/mol. The van der Waals surface area contributed by atoms with Crippen LogP contribution in [0.2, 0.25) is 0 Å². The van der Waals surface area contributed by atoms with Gasteiger partial charge in [0.2, 0.25) is 0 Å². The fraction of sp³-hybridized carbons (Fsp3) is 0.458. The molecule has 1 fully saturated rings. The van der Waals surface area contributed by atoms with E-state index in [2.05, 4.69) is 24.1 Å². The summed E-state index contributed by atoms with van der Waals surface area (Å²) in [4.78, 5) is 15.4. The van der Waals surface area contributed by atoms with Gasteiger partial charge in [0, 0.05) is 18.0 Å². The number of carbonyl (C=O) groups is 1. The van der Waals surface area contributed by atoms with E-state index < -0.39 is 0 Å². The molecule has 5 heteroatoms. The molecule has 0 radical (unpaired) electrons. The zero-order chi connectivity index (χ0) is 20.2. The topological polar surface area (TPSA) is 48.0 Å². The maximum Gasteiger partial charge on any atom is 0.311 e. The molecule has 0 spiro atoms. The lowest BCUT2D eigenvalue weighted by atomic mass is 9.82. The first-order valence-corrected chi connectivity index (χ1v) is 10.5. The molecule has 1 saturated heterocycles. The van der Waals surface area contributed by atoms with Crippen LogP contribution in [0.1, 0.15) is 42.9 Å². The van der Waals surface area contributed by atoms with Crippen LogP contribution in [0.3, 0.4) is 0 Å². The van der Waals surface area contributed by atoms with E-state index in [1.54, 1.807) is 0 Å². The summed E-state index contributed by atoms with van der Waals surface area (Å²) in [5.41, 5.74) is 2.13. The van der Waals surface area contributed by atoms with Crippen molar-refractivity contribution in [1.29, 1.82) is 0 Å². The molecule has 154 valence electrons. The molecule has 2 heterocycles. The Morgan fingerprint density at radius 2 is 1.59 bits per heavy atom. The molecule has 0 N–H and O–H groups in total. The second kappa shape index (κ2) is 8.87. The number of carbonyl (C=O) groups excluding carboxylic acids is 1. The molecule has 29 heavy (non-hydrogen) atoms. The summed E-state index contributed by atoms with van der Waals surface area (Å²) < 4.78 is 17.8. The number of likely N-dealkylation sites (tertiary alicyclic amines) is 1. The molecular weight excluding hydrogens is 366 g/mol. The van der Waals surface area contributed by atoms with E-state index in [1.165, 1.54) is 0 Å². The third-order valence-electron chi connectivity index (χ3n) is 5.90. The van der Waals surface area contributed by atoms with Gasteiger partial charge >= 0.3 is 5.97 Å². The molecule has 0 amide bonds. The van der Waals surface area contributed by atoms with E-state index in [4.69, 9.17) is 14.2 Å². The number of benzene rings is 2. The number of esters is 1. The largest absolute Gasteiger partial charge is 0.493 e. The van der Waals surface area contributed by atoms with Gasteiger partial charge in [0.1, 0.15) is 11.5 Å². The first-order valence-electron chi connectivity index (χ1n) is 10.5. The third-order valence-corrected chi connectivity index (χ3v) is 5.90. The van der Waals surface area contributed by atoms with Crippen LogP contribution in [-0.2, 0) is 9.53 Å². The number of para-hydroxylation sites is 2. The van der Waals surface area contributed by atoms with Crippen LogP contribution < -0.4 is 9.47 Å². The van der Waals surface area contributed by atoms with E-state index >= 15 is 0 Å². The minimum absolute atomic E-state index is 0.00550. The van der Waals surface area contributed by atoms with Crippen LogP contribution in [0.15, 0.2) is 48.5 Å². The summed E-state index contributed by atoms with van der Waals surface area (Å²) in [6.07, 6.45) is 1.84. The lowest BCUT2D eigenvalue weighted by Crippen LogP contribution is -2.29. The Labute approximate surface area is 172 Å². The first kappa shape index (κ1) is 19.8. The molecule has 2 aromatic carbocycles. The lowest BCUT2D eigenvalue weighted by molar-refractivity contribution is -0.149. The summed E-state index contributed by atoms with van der Waals surface area (Å²) in [7, 11) is 2.07. The van der Waals surface area contributed by atoms with Gasteiger partial charge in [-0.15, -0.1) is 0 Å². The van der Waals surface area contributed by atoms with Crippen LogP contribution in [-0.4, -0.2) is 44.3 Å². The van der Waals surface area contributed by atoms with Gasteiger partial charge in [0.05, 0.1) is 31.8 Å². The number of hydrogen-bond acceptors (Lipinski definition) is 5. The highest BCUT2D eigenvalue weighted by molar-refractivity contribution is 5.76. The Morgan fingerprint density at radius 3 is 2.24 bits per heavy atom. The van der Waals surface area contributed by atoms with Crippen molar-refractivity contribution < 1.29 is 19.0 Å². The van der Waals surface area contributed by atoms with Crippen LogP contribution in [0, 0.1) is 5.92 Å². The molecule has 0 aliphatic carbocycles. The van der Waals surface area contributed by atoms with Gasteiger partial charge in [-0.25, -0.2) is 0 Å². The van der Waals surface area contributed by atoms with Crippen LogP contribution in [0.5, 0.6) is 11.5 Å². The van der Waals surface area contributed by atoms with Gasteiger partial charge in [0.25, 0.3) is 0 Å². The van der Waals surface area contributed by atoms with Crippen LogP contribution >= 0.6 is 0 Å². The van der Waals surface area contributed by atoms with Crippen LogP contribution in [0.4, 0.5) is 0 Å². The van der Waals surface area contributed by atoms with Gasteiger partial charge < -0.3 is 14.2 Å². The van der Waals surface area contributed by atoms with Crippen molar-refractivity contribution in [3.05, 3.63) is 59.7 Å². The first-order chi connectivity index (χ1) is 14.2. The van der Waals surface area contributed by atoms with Gasteiger partial charge in [-0.2, -0.15) is 0 Å². The molecule has 2 bridgehead atoms. The molecule has 5 nitrogen and oxygen atoms in total. The Hall–Kier alpha value is -2.53. The zero-order valence-electron chi connectivity index (χ0n) is 17.2. The Balaban J connectivity index is 1.84. The van der Waals surface area contributed by atoms with Crippen molar-refractivity contribution >= 4 is 5.97 Å². The Kier molecular flexibility index (Phi) is 6.05. The monoisotopic (exact) mass is 395 g/mol. The smallest absolute Gasteiger partial charge is 0.311 e. The van der Waals surface area contributed by atoms with Gasteiger partial charge in [0.15, 0.2) is 0 Å². The van der Waals surface area contributed by atoms with E-state index in [-0.39, 0.29) is 23.8 Å². The third kappa shape index (κ3) is 3.97.